The van der Waals surface area contributed by atoms with E-state index in [-0.39, 0.29) is 5.97 Å². The van der Waals surface area contributed by atoms with E-state index in [4.69, 9.17) is 17.0 Å². The number of nitrogens with one attached hydrogen (secondary N) is 2. The number of hydrogen-bond acceptors (Lipinski definition) is 3. The van der Waals surface area contributed by atoms with Gasteiger partial charge in [-0.05, 0) is 87.3 Å². The second kappa shape index (κ2) is 7.51. The predicted octanol–water partition coefficient (Wildman–Crippen LogP) is 3.97. The summed E-state index contributed by atoms with van der Waals surface area (Å²) in [5.41, 5.74) is 1.43. The molecular weight excluding hydrogens is 320 g/mol. The maximum Gasteiger partial charge on any atom is 0.338 e. The molecule has 0 amide bonds. The minimum Gasteiger partial charge on any atom is -0.462 e. The molecule has 2 aliphatic carbocycles. The molecule has 5 heteroatoms. The summed E-state index contributed by atoms with van der Waals surface area (Å²) in [6, 6.07) is 7.61. The highest BCUT2D eigenvalue weighted by Crippen LogP contribution is 2.49. The van der Waals surface area contributed by atoms with Gasteiger partial charge in [0.25, 0.3) is 0 Å². The summed E-state index contributed by atoms with van der Waals surface area (Å²) < 4.78 is 4.99. The van der Waals surface area contributed by atoms with Crippen LogP contribution in [-0.4, -0.2) is 23.7 Å². The molecule has 4 atom stereocenters. The lowest BCUT2D eigenvalue weighted by Gasteiger charge is -2.29. The monoisotopic (exact) mass is 346 g/mol. The molecule has 2 aliphatic rings. The molecule has 2 saturated carbocycles. The zero-order valence-electron chi connectivity index (χ0n) is 14.4. The molecule has 130 valence electrons. The van der Waals surface area contributed by atoms with Gasteiger partial charge in [0, 0.05) is 11.7 Å². The van der Waals surface area contributed by atoms with Crippen molar-refractivity contribution in [3.8, 4) is 0 Å². The smallest absolute Gasteiger partial charge is 0.338 e. The summed E-state index contributed by atoms with van der Waals surface area (Å²) in [4.78, 5) is 11.7. The number of esters is 1. The fraction of sp³-hybridized carbons (Fsp3) is 0.579. The Labute approximate surface area is 149 Å². The standard InChI is InChI=1S/C19H26N2O2S/c1-3-23-18(22)14-6-8-16(9-7-14)21-19(24)20-12(2)17-11-13-4-5-15(17)10-13/h6-9,12-13,15,17H,3-5,10-11H2,1-2H3,(H2,20,21,24)/t12-,13-,15-,17+/m1/s1. The summed E-state index contributed by atoms with van der Waals surface area (Å²) in [5, 5.41) is 7.30. The van der Waals surface area contributed by atoms with Gasteiger partial charge in [-0.25, -0.2) is 4.79 Å². The van der Waals surface area contributed by atoms with Crippen molar-refractivity contribution < 1.29 is 9.53 Å². The van der Waals surface area contributed by atoms with Crippen molar-refractivity contribution in [1.82, 2.24) is 5.32 Å². The first kappa shape index (κ1) is 17.2. The number of carbonyl (C=O) groups excluding carboxylic acids is 1. The second-order valence-corrected chi connectivity index (χ2v) is 7.43. The number of benzene rings is 1. The van der Waals surface area contributed by atoms with E-state index in [9.17, 15) is 4.79 Å². The molecule has 4 nitrogen and oxygen atoms in total. The lowest BCUT2D eigenvalue weighted by atomic mass is 9.84. The van der Waals surface area contributed by atoms with Crippen LogP contribution in [0.25, 0.3) is 0 Å². The predicted molar refractivity (Wildman–Crippen MR) is 100 cm³/mol. The van der Waals surface area contributed by atoms with Crippen molar-refractivity contribution in [3.05, 3.63) is 29.8 Å². The van der Waals surface area contributed by atoms with Gasteiger partial charge in [0.05, 0.1) is 12.2 Å². The van der Waals surface area contributed by atoms with Crippen molar-refractivity contribution in [2.75, 3.05) is 11.9 Å². The average Bonchev–Trinajstić information content (AvgIpc) is 3.18. The molecule has 1 aromatic rings. The highest BCUT2D eigenvalue weighted by molar-refractivity contribution is 7.80. The summed E-state index contributed by atoms with van der Waals surface area (Å²) >= 11 is 5.45. The highest BCUT2D eigenvalue weighted by atomic mass is 32.1. The van der Waals surface area contributed by atoms with E-state index >= 15 is 0 Å². The molecule has 3 rings (SSSR count). The average molecular weight is 346 g/mol. The van der Waals surface area contributed by atoms with Crippen LogP contribution in [0, 0.1) is 17.8 Å². The number of fused-ring (bicyclic) bond motifs is 2. The van der Waals surface area contributed by atoms with Gasteiger partial charge in [-0.2, -0.15) is 0 Å². The number of thiocarbonyl (C=S) groups is 1. The van der Waals surface area contributed by atoms with Crippen LogP contribution in [0.4, 0.5) is 5.69 Å². The van der Waals surface area contributed by atoms with E-state index in [1.807, 2.05) is 12.1 Å². The number of carbonyl (C=O) groups is 1. The third-order valence-corrected chi connectivity index (χ3v) is 5.67. The zero-order chi connectivity index (χ0) is 17.1. The van der Waals surface area contributed by atoms with Gasteiger partial charge < -0.3 is 15.4 Å². The van der Waals surface area contributed by atoms with Crippen molar-refractivity contribution in [3.63, 3.8) is 0 Å². The third kappa shape index (κ3) is 3.89. The van der Waals surface area contributed by atoms with Gasteiger partial charge in [-0.15, -0.1) is 0 Å². The van der Waals surface area contributed by atoms with E-state index in [1.165, 1.54) is 25.7 Å². The maximum atomic E-state index is 11.7. The number of rotatable bonds is 5. The van der Waals surface area contributed by atoms with Gasteiger partial charge in [-0.3, -0.25) is 0 Å². The number of hydrogen-bond donors (Lipinski definition) is 2. The van der Waals surface area contributed by atoms with Crippen molar-refractivity contribution in [2.24, 2.45) is 17.8 Å². The summed E-state index contributed by atoms with van der Waals surface area (Å²) in [7, 11) is 0. The molecule has 0 spiro atoms. The normalized spacial score (nSPS) is 26.0. The van der Waals surface area contributed by atoms with Crippen LogP contribution in [-0.2, 0) is 4.74 Å². The third-order valence-electron chi connectivity index (χ3n) is 5.45. The molecule has 0 unspecified atom stereocenters. The topological polar surface area (TPSA) is 50.4 Å². The second-order valence-electron chi connectivity index (χ2n) is 7.02. The van der Waals surface area contributed by atoms with Crippen LogP contribution < -0.4 is 10.6 Å². The van der Waals surface area contributed by atoms with Gasteiger partial charge in [0.15, 0.2) is 5.11 Å². The van der Waals surface area contributed by atoms with E-state index in [0.717, 1.165) is 23.4 Å². The Hall–Kier alpha value is -1.62. The first-order chi connectivity index (χ1) is 11.6. The molecule has 0 saturated heterocycles. The van der Waals surface area contributed by atoms with Gasteiger partial charge >= 0.3 is 5.97 Å². The van der Waals surface area contributed by atoms with Crippen molar-refractivity contribution >= 4 is 29.0 Å². The minimum absolute atomic E-state index is 0.297. The number of ether oxygens (including phenoxy) is 1. The summed E-state index contributed by atoms with van der Waals surface area (Å²) in [5.74, 6) is 2.27. The SMILES string of the molecule is CCOC(=O)c1ccc(NC(=S)N[C@H](C)[C@@H]2C[C@@H]3CC[C@@H]2C3)cc1. The van der Waals surface area contributed by atoms with Crippen LogP contribution in [0.3, 0.4) is 0 Å². The van der Waals surface area contributed by atoms with Crippen LogP contribution in [0.15, 0.2) is 24.3 Å². The van der Waals surface area contributed by atoms with E-state index in [0.29, 0.717) is 23.3 Å². The fourth-order valence-corrected chi connectivity index (χ4v) is 4.60. The molecule has 1 aromatic carbocycles. The van der Waals surface area contributed by atoms with Crippen LogP contribution >= 0.6 is 12.2 Å². The quantitative estimate of drug-likeness (QED) is 0.624. The Morgan fingerprint density at radius 1 is 1.29 bits per heavy atom. The maximum absolute atomic E-state index is 11.7. The first-order valence-electron chi connectivity index (χ1n) is 8.91. The van der Waals surface area contributed by atoms with Crippen molar-refractivity contribution in [1.29, 1.82) is 0 Å². The lowest BCUT2D eigenvalue weighted by Crippen LogP contribution is -2.42. The van der Waals surface area contributed by atoms with Gasteiger partial charge in [0.1, 0.15) is 0 Å². The fourth-order valence-electron chi connectivity index (χ4n) is 4.29. The van der Waals surface area contributed by atoms with E-state index < -0.39 is 0 Å². The molecular formula is C19H26N2O2S. The Balaban J connectivity index is 1.50. The molecule has 24 heavy (non-hydrogen) atoms. The zero-order valence-corrected chi connectivity index (χ0v) is 15.2. The van der Waals surface area contributed by atoms with Crippen LogP contribution in [0.5, 0.6) is 0 Å². The number of anilines is 1. The summed E-state index contributed by atoms with van der Waals surface area (Å²) in [6.45, 7) is 4.42. The largest absolute Gasteiger partial charge is 0.462 e. The molecule has 0 radical (unpaired) electrons. The van der Waals surface area contributed by atoms with Crippen molar-refractivity contribution in [2.45, 2.75) is 45.6 Å². The Kier molecular flexibility index (Phi) is 5.39. The van der Waals surface area contributed by atoms with Crippen LogP contribution in [0.1, 0.15) is 49.9 Å². The molecule has 0 aliphatic heterocycles. The lowest BCUT2D eigenvalue weighted by molar-refractivity contribution is 0.0526. The molecule has 2 bridgehead atoms. The Bertz CT molecular complexity index is 602. The molecule has 2 fully saturated rings. The summed E-state index contributed by atoms with van der Waals surface area (Å²) in [6.07, 6.45) is 5.56. The van der Waals surface area contributed by atoms with E-state index in [2.05, 4.69) is 17.6 Å². The van der Waals surface area contributed by atoms with E-state index in [1.54, 1.807) is 19.1 Å². The Morgan fingerprint density at radius 2 is 2.04 bits per heavy atom. The van der Waals surface area contributed by atoms with Crippen LogP contribution in [0.2, 0.25) is 0 Å². The van der Waals surface area contributed by atoms with Gasteiger partial charge in [-0.1, -0.05) is 6.42 Å². The molecule has 2 N–H and O–H groups in total. The minimum atomic E-state index is -0.297. The Morgan fingerprint density at radius 3 is 2.62 bits per heavy atom. The highest BCUT2D eigenvalue weighted by Gasteiger charge is 2.41. The molecule has 0 heterocycles. The first-order valence-corrected chi connectivity index (χ1v) is 9.32. The molecule has 0 aromatic heterocycles. The van der Waals surface area contributed by atoms with Gasteiger partial charge in [0.2, 0.25) is 0 Å².